The second kappa shape index (κ2) is 4.49. The highest BCUT2D eigenvalue weighted by atomic mass is 16.2. The summed E-state index contributed by atoms with van der Waals surface area (Å²) in [7, 11) is 3.61. The van der Waals surface area contributed by atoms with Gasteiger partial charge in [-0.2, -0.15) is 0 Å². The fourth-order valence-corrected chi connectivity index (χ4v) is 0.613. The molecule has 0 aliphatic heterocycles. The van der Waals surface area contributed by atoms with E-state index in [0.29, 0.717) is 12.0 Å². The number of carbonyl (C=O) groups excluding carboxylic acids is 2. The van der Waals surface area contributed by atoms with Gasteiger partial charge in [0, 0.05) is 25.9 Å². The van der Waals surface area contributed by atoms with Crippen molar-refractivity contribution in [2.45, 2.75) is 6.92 Å². The number of rotatable bonds is 3. The number of carbonyl (C=O) groups is 2. The third kappa shape index (κ3) is 4.13. The Morgan fingerprint density at radius 1 is 1.45 bits per heavy atom. The number of hydrogen-bond donors (Lipinski definition) is 1. The minimum Gasteiger partial charge on any atom is -0.383 e. The van der Waals surface area contributed by atoms with Crippen LogP contribution in [0, 0.1) is 0 Å². The molecule has 0 saturated carbocycles. The standard InChI is InChI=1S/C7H12N2O2/c1-6(4-9(2)3)7(11)8-5-10/h4-5H,1-3H3,(H,8,10,11)/b6-4-. The molecule has 0 aromatic rings. The zero-order valence-electron chi connectivity index (χ0n) is 6.92. The SMILES string of the molecule is C/C(=C/N(C)C)C(=O)NC=O. The summed E-state index contributed by atoms with van der Waals surface area (Å²) >= 11 is 0. The summed E-state index contributed by atoms with van der Waals surface area (Å²) in [4.78, 5) is 22.4. The molecular weight excluding hydrogens is 144 g/mol. The van der Waals surface area contributed by atoms with Crippen LogP contribution >= 0.6 is 0 Å². The molecule has 0 aliphatic rings. The lowest BCUT2D eigenvalue weighted by Gasteiger charge is -2.05. The molecule has 0 atom stereocenters. The Bertz CT molecular complexity index is 185. The van der Waals surface area contributed by atoms with Crippen LogP contribution in [-0.2, 0) is 9.59 Å². The molecule has 2 amide bonds. The van der Waals surface area contributed by atoms with Gasteiger partial charge in [-0.3, -0.25) is 14.9 Å². The molecule has 0 aromatic heterocycles. The molecule has 4 heteroatoms. The molecule has 0 unspecified atom stereocenters. The van der Waals surface area contributed by atoms with Gasteiger partial charge in [0.1, 0.15) is 0 Å². The summed E-state index contributed by atoms with van der Waals surface area (Å²) in [6.07, 6.45) is 2.01. The molecule has 0 heterocycles. The normalized spacial score (nSPS) is 10.6. The van der Waals surface area contributed by atoms with Gasteiger partial charge >= 0.3 is 0 Å². The van der Waals surface area contributed by atoms with Crippen molar-refractivity contribution in [3.8, 4) is 0 Å². The second-order valence-corrected chi connectivity index (χ2v) is 2.37. The number of nitrogens with zero attached hydrogens (tertiary/aromatic N) is 1. The molecule has 4 nitrogen and oxygen atoms in total. The fourth-order valence-electron chi connectivity index (χ4n) is 0.613. The van der Waals surface area contributed by atoms with Crippen LogP contribution < -0.4 is 5.32 Å². The number of nitrogens with one attached hydrogen (secondary N) is 1. The van der Waals surface area contributed by atoms with Crippen molar-refractivity contribution < 1.29 is 9.59 Å². The van der Waals surface area contributed by atoms with Crippen molar-refractivity contribution in [3.63, 3.8) is 0 Å². The van der Waals surface area contributed by atoms with Gasteiger partial charge in [0.15, 0.2) is 0 Å². The van der Waals surface area contributed by atoms with Gasteiger partial charge in [-0.25, -0.2) is 0 Å². The van der Waals surface area contributed by atoms with Crippen molar-refractivity contribution in [1.29, 1.82) is 0 Å². The number of imide groups is 1. The van der Waals surface area contributed by atoms with E-state index in [1.54, 1.807) is 32.1 Å². The third-order valence-corrected chi connectivity index (χ3v) is 1.00. The van der Waals surface area contributed by atoms with Crippen LogP contribution in [0.5, 0.6) is 0 Å². The molecule has 0 aliphatic carbocycles. The van der Waals surface area contributed by atoms with E-state index < -0.39 is 0 Å². The molecule has 0 radical (unpaired) electrons. The quantitative estimate of drug-likeness (QED) is 0.452. The van der Waals surface area contributed by atoms with Crippen molar-refractivity contribution in [1.82, 2.24) is 10.2 Å². The van der Waals surface area contributed by atoms with E-state index in [4.69, 9.17) is 0 Å². The molecule has 0 bridgehead atoms. The molecule has 1 N–H and O–H groups in total. The Balaban J connectivity index is 4.11. The molecule has 0 saturated heterocycles. The zero-order chi connectivity index (χ0) is 8.85. The highest BCUT2D eigenvalue weighted by Crippen LogP contribution is 1.92. The Morgan fingerprint density at radius 2 is 2.00 bits per heavy atom. The molecular formula is C7H12N2O2. The first-order valence-electron chi connectivity index (χ1n) is 3.17. The average Bonchev–Trinajstić information content (AvgIpc) is 1.86. The van der Waals surface area contributed by atoms with Gasteiger partial charge in [-0.15, -0.1) is 0 Å². The van der Waals surface area contributed by atoms with Crippen LogP contribution in [0.25, 0.3) is 0 Å². The summed E-state index contributed by atoms with van der Waals surface area (Å²) < 4.78 is 0. The van der Waals surface area contributed by atoms with E-state index in [1.165, 1.54) is 0 Å². The van der Waals surface area contributed by atoms with E-state index in [0.717, 1.165) is 0 Å². The zero-order valence-corrected chi connectivity index (χ0v) is 6.92. The molecule has 0 spiro atoms. The van der Waals surface area contributed by atoms with Gasteiger partial charge < -0.3 is 4.90 Å². The first-order chi connectivity index (χ1) is 5.07. The summed E-state index contributed by atoms with van der Waals surface area (Å²) in [5.41, 5.74) is 0.502. The fraction of sp³-hybridized carbons (Fsp3) is 0.429. The Kier molecular flexibility index (Phi) is 3.95. The first kappa shape index (κ1) is 9.68. The van der Waals surface area contributed by atoms with E-state index in [1.807, 2.05) is 5.32 Å². The molecule has 0 fully saturated rings. The lowest BCUT2D eigenvalue weighted by atomic mass is 10.3. The minimum absolute atomic E-state index is 0.367. The van der Waals surface area contributed by atoms with Crippen molar-refractivity contribution in [2.24, 2.45) is 0 Å². The van der Waals surface area contributed by atoms with Crippen molar-refractivity contribution in [3.05, 3.63) is 11.8 Å². The van der Waals surface area contributed by atoms with E-state index >= 15 is 0 Å². The Hall–Kier alpha value is -1.32. The maximum absolute atomic E-state index is 10.8. The highest BCUT2D eigenvalue weighted by Gasteiger charge is 2.01. The summed E-state index contributed by atoms with van der Waals surface area (Å²) in [6.45, 7) is 1.64. The van der Waals surface area contributed by atoms with Crippen molar-refractivity contribution in [2.75, 3.05) is 14.1 Å². The van der Waals surface area contributed by atoms with Gasteiger partial charge in [-0.1, -0.05) is 0 Å². The minimum atomic E-state index is -0.367. The maximum Gasteiger partial charge on any atom is 0.254 e. The summed E-state index contributed by atoms with van der Waals surface area (Å²) in [5.74, 6) is -0.367. The topological polar surface area (TPSA) is 49.4 Å². The van der Waals surface area contributed by atoms with E-state index in [2.05, 4.69) is 0 Å². The second-order valence-electron chi connectivity index (χ2n) is 2.37. The van der Waals surface area contributed by atoms with Gasteiger partial charge in [0.2, 0.25) is 6.41 Å². The van der Waals surface area contributed by atoms with Crippen LogP contribution in [0.3, 0.4) is 0 Å². The van der Waals surface area contributed by atoms with Gasteiger partial charge in [0.05, 0.1) is 0 Å². The van der Waals surface area contributed by atoms with E-state index in [9.17, 15) is 9.59 Å². The lowest BCUT2D eigenvalue weighted by Crippen LogP contribution is -2.23. The number of amides is 2. The van der Waals surface area contributed by atoms with Crippen LogP contribution in [0.1, 0.15) is 6.92 Å². The van der Waals surface area contributed by atoms with Gasteiger partial charge in [-0.05, 0) is 6.92 Å². The smallest absolute Gasteiger partial charge is 0.254 e. The van der Waals surface area contributed by atoms with Crippen LogP contribution in [0.4, 0.5) is 0 Å². The predicted molar refractivity (Wildman–Crippen MR) is 41.7 cm³/mol. The third-order valence-electron chi connectivity index (χ3n) is 1.00. The molecule has 62 valence electrons. The molecule has 0 rings (SSSR count). The van der Waals surface area contributed by atoms with Crippen molar-refractivity contribution >= 4 is 12.3 Å². The largest absolute Gasteiger partial charge is 0.383 e. The first-order valence-corrected chi connectivity index (χ1v) is 3.17. The summed E-state index contributed by atoms with van der Waals surface area (Å²) in [5, 5.41) is 2.04. The van der Waals surface area contributed by atoms with Gasteiger partial charge in [0.25, 0.3) is 5.91 Å². The average molecular weight is 156 g/mol. The monoisotopic (exact) mass is 156 g/mol. The molecule has 11 heavy (non-hydrogen) atoms. The van der Waals surface area contributed by atoms with Crippen LogP contribution in [-0.4, -0.2) is 31.3 Å². The Labute approximate surface area is 65.9 Å². The maximum atomic E-state index is 10.8. The molecule has 0 aromatic carbocycles. The lowest BCUT2D eigenvalue weighted by molar-refractivity contribution is -0.122. The predicted octanol–water partition coefficient (Wildman–Crippen LogP) is -0.276. The van der Waals surface area contributed by atoms with E-state index in [-0.39, 0.29) is 5.91 Å². The highest BCUT2D eigenvalue weighted by molar-refractivity contribution is 5.98. The Morgan fingerprint density at radius 3 is 2.36 bits per heavy atom. The van der Waals surface area contributed by atoms with Crippen LogP contribution in [0.15, 0.2) is 11.8 Å². The number of hydrogen-bond acceptors (Lipinski definition) is 3. The summed E-state index contributed by atoms with van der Waals surface area (Å²) in [6, 6.07) is 0. The van der Waals surface area contributed by atoms with Crippen LogP contribution in [0.2, 0.25) is 0 Å².